The van der Waals surface area contributed by atoms with Crippen molar-refractivity contribution in [2.75, 3.05) is 31.1 Å². The van der Waals surface area contributed by atoms with Gasteiger partial charge in [-0.1, -0.05) is 78.3 Å². The summed E-state index contributed by atoms with van der Waals surface area (Å²) in [6, 6.07) is -9.99. The molecule has 1 heterocycles. The van der Waals surface area contributed by atoms with Gasteiger partial charge in [-0.05, 0) is 95.2 Å². The third-order valence-electron chi connectivity index (χ3n) is 16.2. The van der Waals surface area contributed by atoms with E-state index in [9.17, 15) is 77.3 Å². The lowest BCUT2D eigenvalue weighted by Crippen LogP contribution is -2.62. The molecule has 27 N–H and O–H groups in total. The Balaban J connectivity index is 2.35. The highest BCUT2D eigenvalue weighted by Crippen LogP contribution is 2.14. The molecule has 39 heteroatoms. The minimum atomic E-state index is -1.77. The Kier molecular flexibility index (Phi) is 41.3. The third kappa shape index (κ3) is 32.6. The SMILES string of the molecule is CC(C)[C@H](NC(=O)[C@H](CC(N)=O)NC(=O)[C@H](CS)NC(=O)[C@H](C)NC(=O)[C@H](Cc1ccccc1)NC(=O)[C@@H](N)CCCCN)C(=O)N[C@H](C(=O)N[C@@H](CCCNC(=N)N)C(=O)N[C@@H](CCCCN)C(=O)N[C@@H](CS)C(=O)N[C@H](C(=O)N[C@H](C(=O)N[C@@H](Cc1c[nH]cn1)C(=O)O)[C@@H](C)O)C(C)C)C(C)C. The molecule has 0 aliphatic rings. The lowest BCUT2D eigenvalue weighted by molar-refractivity contribution is -0.143. The summed E-state index contributed by atoms with van der Waals surface area (Å²) in [7, 11) is 0. The van der Waals surface area contributed by atoms with Crippen molar-refractivity contribution in [2.45, 2.75) is 211 Å². The Morgan fingerprint density at radius 1 is 0.481 bits per heavy atom. The number of nitrogens with zero attached hydrogens (tertiary/aromatic N) is 1. The van der Waals surface area contributed by atoms with Gasteiger partial charge in [0.2, 0.25) is 76.8 Å². The van der Waals surface area contributed by atoms with Crippen molar-refractivity contribution in [2.24, 2.45) is 46.4 Å². The molecule has 0 radical (unpaired) electrons. The second-order valence-corrected chi connectivity index (χ2v) is 26.8. The number of carboxylic acids is 1. The van der Waals surface area contributed by atoms with Crippen LogP contribution in [0.4, 0.5) is 0 Å². The predicted molar refractivity (Wildman–Crippen MR) is 390 cm³/mol. The number of primary amides is 1. The number of hydrogen-bond donors (Lipinski definition) is 24. The number of thiol groups is 2. The number of amides is 13. The molecule has 2 rings (SSSR count). The molecule has 0 saturated heterocycles. The molecular formula is C65H109N21O16S2. The molecule has 104 heavy (non-hydrogen) atoms. The number of hydrogen-bond acceptors (Lipinski definition) is 22. The number of aliphatic hydroxyl groups is 1. The summed E-state index contributed by atoms with van der Waals surface area (Å²) in [5, 5.41) is 60.7. The zero-order valence-electron chi connectivity index (χ0n) is 60.0. The minimum Gasteiger partial charge on any atom is -0.480 e. The molecule has 582 valence electrons. The molecule has 0 unspecified atom stereocenters. The fraction of sp³-hybridized carbons (Fsp3) is 0.631. The monoisotopic (exact) mass is 1500 g/mol. The number of imidazole rings is 1. The topological polar surface area (TPSA) is 618 Å². The van der Waals surface area contributed by atoms with Crippen LogP contribution in [0, 0.1) is 23.2 Å². The van der Waals surface area contributed by atoms with Crippen LogP contribution in [0.3, 0.4) is 0 Å². The average molecular weight is 1500 g/mol. The van der Waals surface area contributed by atoms with E-state index in [2.05, 4.69) is 104 Å². The number of nitrogens with one attached hydrogen (secondary N) is 15. The van der Waals surface area contributed by atoms with Crippen LogP contribution in [0.1, 0.15) is 124 Å². The molecule has 2 aromatic rings. The van der Waals surface area contributed by atoms with Crippen LogP contribution >= 0.6 is 25.3 Å². The van der Waals surface area contributed by atoms with Crippen molar-refractivity contribution < 1.29 is 77.3 Å². The van der Waals surface area contributed by atoms with Crippen LogP contribution in [-0.2, 0) is 80.0 Å². The molecule has 37 nitrogen and oxygen atoms in total. The average Bonchev–Trinajstić information content (AvgIpc) is 0.904. The number of guanidine groups is 1. The first-order valence-corrected chi connectivity index (χ1v) is 35.6. The summed E-state index contributed by atoms with van der Waals surface area (Å²) >= 11 is 8.49. The van der Waals surface area contributed by atoms with Crippen molar-refractivity contribution in [3.8, 4) is 0 Å². The Labute approximate surface area is 615 Å². The van der Waals surface area contributed by atoms with Gasteiger partial charge in [-0.25, -0.2) is 9.78 Å². The maximum Gasteiger partial charge on any atom is 0.326 e. The number of carboxylic acid groups (broad SMARTS) is 1. The van der Waals surface area contributed by atoms with Crippen LogP contribution in [0.15, 0.2) is 42.9 Å². The van der Waals surface area contributed by atoms with E-state index < -0.39 is 198 Å². The molecule has 0 aliphatic heterocycles. The summed E-state index contributed by atoms with van der Waals surface area (Å²) < 4.78 is 0. The molecule has 0 bridgehead atoms. The molecule has 1 aromatic carbocycles. The van der Waals surface area contributed by atoms with E-state index in [-0.39, 0.29) is 63.1 Å². The number of nitrogens with two attached hydrogens (primary N) is 5. The van der Waals surface area contributed by atoms with Gasteiger partial charge in [-0.15, -0.1) is 0 Å². The third-order valence-corrected chi connectivity index (χ3v) is 17.0. The largest absolute Gasteiger partial charge is 0.480 e. The maximum absolute atomic E-state index is 14.5. The lowest BCUT2D eigenvalue weighted by atomic mass is 9.98. The quantitative estimate of drug-likeness (QED) is 0.0127. The fourth-order valence-corrected chi connectivity index (χ4v) is 10.7. The molecule has 1 aromatic heterocycles. The number of rotatable bonds is 49. The van der Waals surface area contributed by atoms with Crippen LogP contribution in [0.2, 0.25) is 0 Å². The van der Waals surface area contributed by atoms with Crippen molar-refractivity contribution in [1.82, 2.24) is 79.1 Å². The first-order valence-electron chi connectivity index (χ1n) is 34.3. The standard InChI is InChI=1S/C65H109N21O16S2/c1-32(2)48(85-61(98)49(33(3)4)83-57(94)43(27-47(69)88)79-58(95)45(29-103)81-52(89)35(7)75-56(93)42(25-37-17-10-9-11-18-37)78-53(90)39(68)19-12-14-22-66)60(97)77-41(21-16-24-73-65(70)71)54(91)76-40(20-13-15-23-67)55(92)82-46(30-104)59(96)84-50(34(5)6)62(99)86-51(36(8)87)63(100)80-44(64(101)102)26-38-28-72-31-74-38/h9-11,17-18,28,31-36,39-46,48-51,87,103-104H,12-16,19-27,29-30,66-68H2,1-8H3,(H2,69,88)(H,72,74)(H,75,93)(H,76,91)(H,77,97)(H,78,90)(H,79,95)(H,80,100)(H,81,89)(H,82,92)(H,83,94)(H,84,96)(H,85,98)(H,86,99)(H,101,102)(H4,70,71,73)/t35-,36+,39-,40-,41-,42-,43-,44-,45-,46-,48-,49-,50-,51-/m0/s1. The van der Waals surface area contributed by atoms with Crippen molar-refractivity contribution in [3.63, 3.8) is 0 Å². The van der Waals surface area contributed by atoms with Crippen LogP contribution in [0.5, 0.6) is 0 Å². The number of carbonyl (C=O) groups is 14. The predicted octanol–water partition coefficient (Wildman–Crippen LogP) is -5.95. The second kappa shape index (κ2) is 47.2. The Morgan fingerprint density at radius 2 is 0.885 bits per heavy atom. The minimum absolute atomic E-state index is 0.0220. The molecule has 0 fully saturated rings. The van der Waals surface area contributed by atoms with E-state index in [1.54, 1.807) is 58.0 Å². The molecular weight excluding hydrogens is 1390 g/mol. The van der Waals surface area contributed by atoms with E-state index in [4.69, 9.17) is 34.1 Å². The smallest absolute Gasteiger partial charge is 0.326 e. The highest BCUT2D eigenvalue weighted by atomic mass is 32.1. The van der Waals surface area contributed by atoms with Crippen molar-refractivity contribution in [1.29, 1.82) is 5.41 Å². The van der Waals surface area contributed by atoms with Gasteiger partial charge in [0, 0.05) is 37.1 Å². The first kappa shape index (κ1) is 90.9. The van der Waals surface area contributed by atoms with Gasteiger partial charge in [-0.2, -0.15) is 25.3 Å². The molecule has 14 atom stereocenters. The number of carbonyl (C=O) groups excluding carboxylic acids is 13. The highest BCUT2D eigenvalue weighted by molar-refractivity contribution is 7.80. The van der Waals surface area contributed by atoms with Crippen molar-refractivity contribution >= 4 is 114 Å². The zero-order valence-corrected chi connectivity index (χ0v) is 61.8. The van der Waals surface area contributed by atoms with Gasteiger partial charge >= 0.3 is 5.97 Å². The Bertz CT molecular complexity index is 3170. The van der Waals surface area contributed by atoms with E-state index in [1.165, 1.54) is 40.2 Å². The van der Waals surface area contributed by atoms with Crippen LogP contribution < -0.4 is 97.8 Å². The molecule has 13 amide bonds. The van der Waals surface area contributed by atoms with E-state index in [0.717, 1.165) is 0 Å². The van der Waals surface area contributed by atoms with Crippen LogP contribution in [0.25, 0.3) is 0 Å². The van der Waals surface area contributed by atoms with Gasteiger partial charge in [0.15, 0.2) is 5.96 Å². The number of benzene rings is 1. The maximum atomic E-state index is 14.5. The summed E-state index contributed by atoms with van der Waals surface area (Å²) in [6.07, 6.45) is 2.10. The highest BCUT2D eigenvalue weighted by Gasteiger charge is 2.39. The number of aromatic amines is 1. The van der Waals surface area contributed by atoms with Crippen LogP contribution in [-0.4, -0.2) is 225 Å². The van der Waals surface area contributed by atoms with Gasteiger partial charge in [-0.3, -0.25) is 67.7 Å². The van der Waals surface area contributed by atoms with Gasteiger partial charge in [0.25, 0.3) is 0 Å². The van der Waals surface area contributed by atoms with Gasteiger partial charge in [0.05, 0.1) is 30.6 Å². The number of H-pyrrole nitrogens is 1. The Hall–Kier alpha value is -9.18. The Morgan fingerprint density at radius 3 is 1.36 bits per heavy atom. The summed E-state index contributed by atoms with van der Waals surface area (Å²) in [5.74, 6) is -16.9. The summed E-state index contributed by atoms with van der Waals surface area (Å²) in [6.45, 7) is 12.4. The van der Waals surface area contributed by atoms with E-state index in [1.807, 2.05) is 0 Å². The molecule has 0 saturated carbocycles. The second-order valence-electron chi connectivity index (χ2n) is 26.1. The van der Waals surface area contributed by atoms with Gasteiger partial charge in [0.1, 0.15) is 72.5 Å². The lowest BCUT2D eigenvalue weighted by Gasteiger charge is -2.30. The van der Waals surface area contributed by atoms with E-state index >= 15 is 0 Å². The van der Waals surface area contributed by atoms with Gasteiger partial charge < -0.3 is 113 Å². The number of aliphatic carboxylic acids is 1. The number of aliphatic hydroxyl groups excluding tert-OH is 1. The summed E-state index contributed by atoms with van der Waals surface area (Å²) in [4.78, 5) is 198. The zero-order chi connectivity index (χ0) is 78.5. The number of unbranched alkanes of at least 4 members (excludes halogenated alkanes) is 2. The van der Waals surface area contributed by atoms with E-state index in [0.29, 0.717) is 43.5 Å². The molecule has 0 aliphatic carbocycles. The van der Waals surface area contributed by atoms with Crippen molar-refractivity contribution in [3.05, 3.63) is 54.1 Å². The first-order chi connectivity index (χ1) is 49.0. The normalized spacial score (nSPS) is 15.3. The summed E-state index contributed by atoms with van der Waals surface area (Å²) in [5.41, 5.74) is 29.5. The number of aromatic nitrogens is 2. The molecule has 0 spiro atoms. The fourth-order valence-electron chi connectivity index (χ4n) is 10.2.